The van der Waals surface area contributed by atoms with Crippen LogP contribution in [0.15, 0.2) is 41.7 Å². The molecule has 0 amide bonds. The Morgan fingerprint density at radius 2 is 1.93 bits per heavy atom. The molecule has 6 heteroatoms. The van der Waals surface area contributed by atoms with Crippen LogP contribution in [0.25, 0.3) is 0 Å². The van der Waals surface area contributed by atoms with Crippen LogP contribution in [0.1, 0.15) is 45.1 Å². The number of ether oxygens (including phenoxy) is 4. The van der Waals surface area contributed by atoms with Crippen LogP contribution in [0.4, 0.5) is 0 Å². The van der Waals surface area contributed by atoms with Gasteiger partial charge in [-0.3, -0.25) is 4.79 Å². The van der Waals surface area contributed by atoms with Gasteiger partial charge in [-0.15, -0.1) is 0 Å². The highest BCUT2D eigenvalue weighted by atomic mass is 16.6. The standard InChI is InChI=1S/C21H26O6/c1-15(22)26-17-13-20(2)9-10-21(27-20,18(17)19(23)24-3)11-12-25-14-16-7-5-4-6-8-16/h4-8H,9-14H2,1-3H3/t20-,21-/m1/s1. The smallest absolute Gasteiger partial charge is 0.340 e. The third-order valence-corrected chi connectivity index (χ3v) is 5.19. The zero-order chi connectivity index (χ0) is 19.5. The molecule has 1 saturated heterocycles. The number of methoxy groups -OCH3 is 1. The Kier molecular flexibility index (Phi) is 5.67. The predicted molar refractivity (Wildman–Crippen MR) is 97.6 cm³/mol. The molecular formula is C21H26O6. The fourth-order valence-electron chi connectivity index (χ4n) is 3.99. The maximum Gasteiger partial charge on any atom is 0.340 e. The molecule has 146 valence electrons. The molecule has 3 rings (SSSR count). The predicted octanol–water partition coefficient (Wildman–Crippen LogP) is 3.30. The van der Waals surface area contributed by atoms with Crippen LogP contribution in [0.2, 0.25) is 0 Å². The second-order valence-corrected chi connectivity index (χ2v) is 7.39. The van der Waals surface area contributed by atoms with Gasteiger partial charge in [0.15, 0.2) is 0 Å². The molecule has 0 N–H and O–H groups in total. The van der Waals surface area contributed by atoms with Crippen molar-refractivity contribution in [3.05, 3.63) is 47.2 Å². The molecule has 0 unspecified atom stereocenters. The number of carbonyl (C=O) groups excluding carboxylic acids is 2. The molecule has 6 nitrogen and oxygen atoms in total. The third kappa shape index (κ3) is 4.22. The van der Waals surface area contributed by atoms with E-state index in [9.17, 15) is 9.59 Å². The lowest BCUT2D eigenvalue weighted by Gasteiger charge is -2.39. The molecule has 27 heavy (non-hydrogen) atoms. The average molecular weight is 374 g/mol. The molecular weight excluding hydrogens is 348 g/mol. The van der Waals surface area contributed by atoms with Crippen LogP contribution in [0.5, 0.6) is 0 Å². The first kappa shape index (κ1) is 19.6. The summed E-state index contributed by atoms with van der Waals surface area (Å²) in [5.41, 5.74) is 0.0992. The minimum atomic E-state index is -0.846. The summed E-state index contributed by atoms with van der Waals surface area (Å²) in [6.07, 6.45) is 2.30. The summed E-state index contributed by atoms with van der Waals surface area (Å²) in [5.74, 6) is -0.603. The normalized spacial score (nSPS) is 26.8. The maximum atomic E-state index is 12.5. The Morgan fingerprint density at radius 1 is 1.19 bits per heavy atom. The molecule has 0 aromatic heterocycles. The van der Waals surface area contributed by atoms with Crippen molar-refractivity contribution in [2.75, 3.05) is 13.7 Å². The number of rotatable bonds is 7. The first-order chi connectivity index (χ1) is 12.9. The highest BCUT2D eigenvalue weighted by molar-refractivity contribution is 5.92. The van der Waals surface area contributed by atoms with Crippen molar-refractivity contribution < 1.29 is 28.5 Å². The molecule has 1 aromatic carbocycles. The van der Waals surface area contributed by atoms with E-state index in [4.69, 9.17) is 18.9 Å². The van der Waals surface area contributed by atoms with Gasteiger partial charge in [-0.05, 0) is 25.3 Å². The molecule has 1 aromatic rings. The summed E-state index contributed by atoms with van der Waals surface area (Å²) in [6.45, 7) is 4.22. The highest BCUT2D eigenvalue weighted by Gasteiger charge is 2.57. The number of carbonyl (C=O) groups is 2. The van der Waals surface area contributed by atoms with Crippen molar-refractivity contribution in [1.29, 1.82) is 0 Å². The van der Waals surface area contributed by atoms with E-state index in [2.05, 4.69) is 0 Å². The van der Waals surface area contributed by atoms with Crippen molar-refractivity contribution >= 4 is 11.9 Å². The van der Waals surface area contributed by atoms with E-state index < -0.39 is 23.1 Å². The Morgan fingerprint density at radius 3 is 2.59 bits per heavy atom. The van der Waals surface area contributed by atoms with Gasteiger partial charge < -0.3 is 18.9 Å². The van der Waals surface area contributed by atoms with Gasteiger partial charge in [-0.1, -0.05) is 30.3 Å². The van der Waals surface area contributed by atoms with Crippen molar-refractivity contribution in [2.45, 2.75) is 57.3 Å². The van der Waals surface area contributed by atoms with E-state index in [0.717, 1.165) is 12.0 Å². The maximum absolute atomic E-state index is 12.5. The largest absolute Gasteiger partial charge is 0.465 e. The minimum Gasteiger partial charge on any atom is -0.465 e. The monoisotopic (exact) mass is 374 g/mol. The van der Waals surface area contributed by atoms with Gasteiger partial charge in [0.25, 0.3) is 0 Å². The Balaban J connectivity index is 1.78. The van der Waals surface area contributed by atoms with Crippen LogP contribution in [-0.2, 0) is 35.1 Å². The van der Waals surface area contributed by atoms with E-state index in [1.165, 1.54) is 14.0 Å². The minimum absolute atomic E-state index is 0.318. The van der Waals surface area contributed by atoms with Gasteiger partial charge in [0.1, 0.15) is 16.9 Å². The van der Waals surface area contributed by atoms with E-state index in [1.807, 2.05) is 37.3 Å². The Hall–Kier alpha value is -2.18. The molecule has 2 bridgehead atoms. The molecule has 0 spiro atoms. The van der Waals surface area contributed by atoms with Gasteiger partial charge in [-0.2, -0.15) is 0 Å². The summed E-state index contributed by atoms with van der Waals surface area (Å²) in [4.78, 5) is 24.1. The van der Waals surface area contributed by atoms with Gasteiger partial charge in [0.05, 0.1) is 25.9 Å². The second kappa shape index (κ2) is 7.82. The first-order valence-corrected chi connectivity index (χ1v) is 9.20. The van der Waals surface area contributed by atoms with Crippen molar-refractivity contribution in [3.63, 3.8) is 0 Å². The number of hydrogen-bond donors (Lipinski definition) is 0. The Bertz CT molecular complexity index is 740. The summed E-state index contributed by atoms with van der Waals surface area (Å²) < 4.78 is 22.5. The second-order valence-electron chi connectivity index (χ2n) is 7.39. The van der Waals surface area contributed by atoms with Crippen LogP contribution < -0.4 is 0 Å². The van der Waals surface area contributed by atoms with E-state index in [-0.39, 0.29) is 0 Å². The lowest BCUT2D eigenvalue weighted by atomic mass is 9.86. The number of esters is 2. The molecule has 2 heterocycles. The molecule has 2 aliphatic heterocycles. The summed E-state index contributed by atoms with van der Waals surface area (Å²) in [5, 5.41) is 0. The number of benzene rings is 1. The topological polar surface area (TPSA) is 71.1 Å². The van der Waals surface area contributed by atoms with Gasteiger partial charge in [0, 0.05) is 19.8 Å². The molecule has 0 aliphatic carbocycles. The molecule has 2 aliphatic rings. The van der Waals surface area contributed by atoms with Crippen LogP contribution in [0.3, 0.4) is 0 Å². The third-order valence-electron chi connectivity index (χ3n) is 5.19. The zero-order valence-corrected chi connectivity index (χ0v) is 16.1. The number of hydrogen-bond acceptors (Lipinski definition) is 6. The fourth-order valence-corrected chi connectivity index (χ4v) is 3.99. The van der Waals surface area contributed by atoms with Crippen molar-refractivity contribution in [2.24, 2.45) is 0 Å². The summed E-state index contributed by atoms with van der Waals surface area (Å²) in [7, 11) is 1.32. The average Bonchev–Trinajstić information content (AvgIpc) is 2.91. The Labute approximate surface area is 159 Å². The molecule has 0 saturated carbocycles. The number of fused-ring (bicyclic) bond motifs is 2. The van der Waals surface area contributed by atoms with E-state index >= 15 is 0 Å². The van der Waals surface area contributed by atoms with E-state index in [0.29, 0.717) is 43.8 Å². The molecule has 2 atom stereocenters. The van der Waals surface area contributed by atoms with Crippen LogP contribution in [0, 0.1) is 0 Å². The SMILES string of the molecule is COC(=O)C1=C(OC(C)=O)C[C@@]2(C)CC[C@]1(CCOCc1ccccc1)O2. The lowest BCUT2D eigenvalue weighted by molar-refractivity contribution is -0.151. The van der Waals surface area contributed by atoms with Crippen molar-refractivity contribution in [1.82, 2.24) is 0 Å². The molecule has 0 radical (unpaired) electrons. The summed E-state index contributed by atoms with van der Waals surface area (Å²) in [6, 6.07) is 9.89. The van der Waals surface area contributed by atoms with Gasteiger partial charge >= 0.3 is 11.9 Å². The quantitative estimate of drug-likeness (QED) is 0.539. The van der Waals surface area contributed by atoms with Gasteiger partial charge in [0.2, 0.25) is 0 Å². The summed E-state index contributed by atoms with van der Waals surface area (Å²) >= 11 is 0. The fraction of sp³-hybridized carbons (Fsp3) is 0.524. The van der Waals surface area contributed by atoms with Crippen molar-refractivity contribution in [3.8, 4) is 0 Å². The lowest BCUT2D eigenvalue weighted by Crippen LogP contribution is -2.45. The highest BCUT2D eigenvalue weighted by Crippen LogP contribution is 2.52. The zero-order valence-electron chi connectivity index (χ0n) is 16.1. The van der Waals surface area contributed by atoms with Gasteiger partial charge in [-0.25, -0.2) is 4.79 Å². The van der Waals surface area contributed by atoms with Crippen LogP contribution in [-0.4, -0.2) is 36.9 Å². The van der Waals surface area contributed by atoms with E-state index in [1.54, 1.807) is 0 Å². The molecule has 1 fully saturated rings. The van der Waals surface area contributed by atoms with Crippen LogP contribution >= 0.6 is 0 Å². The first-order valence-electron chi connectivity index (χ1n) is 9.20.